The van der Waals surface area contributed by atoms with Gasteiger partial charge in [0.1, 0.15) is 5.82 Å². The molecular formula is C22H23N3O3. The van der Waals surface area contributed by atoms with Crippen LogP contribution in [0, 0.1) is 0 Å². The minimum absolute atomic E-state index is 0.0750. The van der Waals surface area contributed by atoms with E-state index in [1.165, 1.54) is 0 Å². The SMILES string of the molecule is COc1ccc(Nc2ccc(C(=O)N(C)Cc3ccccc3)cn2)cc1OC. The first kappa shape index (κ1) is 19.2. The Balaban J connectivity index is 1.67. The van der Waals surface area contributed by atoms with E-state index < -0.39 is 0 Å². The van der Waals surface area contributed by atoms with Crippen LogP contribution in [-0.2, 0) is 6.54 Å². The van der Waals surface area contributed by atoms with E-state index in [2.05, 4.69) is 10.3 Å². The lowest BCUT2D eigenvalue weighted by Gasteiger charge is -2.17. The number of anilines is 2. The second-order valence-electron chi connectivity index (χ2n) is 6.27. The van der Waals surface area contributed by atoms with Gasteiger partial charge in [-0.1, -0.05) is 30.3 Å². The molecule has 0 bridgehead atoms. The van der Waals surface area contributed by atoms with Crippen LogP contribution in [0.25, 0.3) is 0 Å². The highest BCUT2D eigenvalue weighted by Gasteiger charge is 2.13. The molecule has 28 heavy (non-hydrogen) atoms. The monoisotopic (exact) mass is 377 g/mol. The summed E-state index contributed by atoms with van der Waals surface area (Å²) in [6, 6.07) is 18.9. The van der Waals surface area contributed by atoms with E-state index in [0.29, 0.717) is 29.4 Å². The van der Waals surface area contributed by atoms with Crippen molar-refractivity contribution in [1.82, 2.24) is 9.88 Å². The van der Waals surface area contributed by atoms with Crippen molar-refractivity contribution in [2.75, 3.05) is 26.6 Å². The predicted molar refractivity (Wildman–Crippen MR) is 109 cm³/mol. The molecule has 6 heteroatoms. The summed E-state index contributed by atoms with van der Waals surface area (Å²) < 4.78 is 10.5. The molecule has 6 nitrogen and oxygen atoms in total. The van der Waals surface area contributed by atoms with Gasteiger partial charge in [0.05, 0.1) is 19.8 Å². The topological polar surface area (TPSA) is 63.7 Å². The van der Waals surface area contributed by atoms with Gasteiger partial charge in [0.15, 0.2) is 11.5 Å². The number of pyridine rings is 1. The van der Waals surface area contributed by atoms with Crippen LogP contribution < -0.4 is 14.8 Å². The number of hydrogen-bond donors (Lipinski definition) is 1. The number of carbonyl (C=O) groups is 1. The number of aromatic nitrogens is 1. The molecule has 0 fully saturated rings. The van der Waals surface area contributed by atoms with Crippen LogP contribution in [0.4, 0.5) is 11.5 Å². The molecule has 0 saturated heterocycles. The Hall–Kier alpha value is -3.54. The standard InChI is InChI=1S/C22H23N3O3/c1-25(15-16-7-5-4-6-8-16)22(26)17-9-12-21(23-14-17)24-18-10-11-19(27-2)20(13-18)28-3/h4-14H,15H2,1-3H3,(H,23,24). The molecular weight excluding hydrogens is 354 g/mol. The number of carbonyl (C=O) groups excluding carboxylic acids is 1. The van der Waals surface area contributed by atoms with E-state index >= 15 is 0 Å². The molecule has 0 aliphatic rings. The third-order valence-electron chi connectivity index (χ3n) is 4.28. The van der Waals surface area contributed by atoms with Crippen molar-refractivity contribution < 1.29 is 14.3 Å². The number of benzene rings is 2. The highest BCUT2D eigenvalue weighted by atomic mass is 16.5. The maximum atomic E-state index is 12.6. The highest BCUT2D eigenvalue weighted by Crippen LogP contribution is 2.30. The normalized spacial score (nSPS) is 10.2. The molecule has 3 rings (SSSR count). The first-order valence-corrected chi connectivity index (χ1v) is 8.85. The van der Waals surface area contributed by atoms with E-state index in [1.807, 2.05) is 48.5 Å². The molecule has 0 spiro atoms. The number of amides is 1. The van der Waals surface area contributed by atoms with Crippen molar-refractivity contribution in [2.45, 2.75) is 6.54 Å². The maximum Gasteiger partial charge on any atom is 0.255 e. The Kier molecular flexibility index (Phi) is 6.11. The Morgan fingerprint density at radius 3 is 2.39 bits per heavy atom. The smallest absolute Gasteiger partial charge is 0.255 e. The van der Waals surface area contributed by atoms with Crippen molar-refractivity contribution >= 4 is 17.4 Å². The van der Waals surface area contributed by atoms with Gasteiger partial charge in [0.2, 0.25) is 0 Å². The second kappa shape index (κ2) is 8.90. The zero-order valence-electron chi connectivity index (χ0n) is 16.2. The summed E-state index contributed by atoms with van der Waals surface area (Å²) in [4.78, 5) is 18.6. The van der Waals surface area contributed by atoms with Crippen molar-refractivity contribution in [2.24, 2.45) is 0 Å². The molecule has 0 unspecified atom stereocenters. The van der Waals surface area contributed by atoms with E-state index in [1.54, 1.807) is 44.5 Å². The third kappa shape index (κ3) is 4.59. The van der Waals surface area contributed by atoms with Crippen LogP contribution in [0.3, 0.4) is 0 Å². The molecule has 0 aliphatic carbocycles. The minimum atomic E-state index is -0.0750. The molecule has 0 radical (unpaired) electrons. The molecule has 0 atom stereocenters. The zero-order chi connectivity index (χ0) is 19.9. The predicted octanol–water partition coefficient (Wildman–Crippen LogP) is 4.11. The van der Waals surface area contributed by atoms with Gasteiger partial charge in [-0.05, 0) is 29.8 Å². The Labute approximate surface area is 164 Å². The van der Waals surface area contributed by atoms with E-state index in [4.69, 9.17) is 9.47 Å². The van der Waals surface area contributed by atoms with Crippen molar-refractivity contribution in [3.8, 4) is 11.5 Å². The van der Waals surface area contributed by atoms with Crippen LogP contribution in [-0.4, -0.2) is 37.1 Å². The van der Waals surface area contributed by atoms with Crippen molar-refractivity contribution in [1.29, 1.82) is 0 Å². The van der Waals surface area contributed by atoms with E-state index in [-0.39, 0.29) is 5.91 Å². The number of nitrogens with one attached hydrogen (secondary N) is 1. The lowest BCUT2D eigenvalue weighted by molar-refractivity contribution is 0.0784. The van der Waals surface area contributed by atoms with Crippen LogP contribution in [0.15, 0.2) is 66.9 Å². The molecule has 1 N–H and O–H groups in total. The Morgan fingerprint density at radius 2 is 1.75 bits per heavy atom. The minimum Gasteiger partial charge on any atom is -0.493 e. The molecule has 1 heterocycles. The number of ether oxygens (including phenoxy) is 2. The Bertz CT molecular complexity index is 928. The molecule has 0 aliphatic heterocycles. The fourth-order valence-corrected chi connectivity index (χ4v) is 2.81. The lowest BCUT2D eigenvalue weighted by Crippen LogP contribution is -2.26. The lowest BCUT2D eigenvalue weighted by atomic mass is 10.2. The number of nitrogens with zero attached hydrogens (tertiary/aromatic N) is 2. The van der Waals surface area contributed by atoms with Gasteiger partial charge in [-0.2, -0.15) is 0 Å². The first-order valence-electron chi connectivity index (χ1n) is 8.85. The van der Waals surface area contributed by atoms with Crippen molar-refractivity contribution in [3.05, 3.63) is 78.0 Å². The van der Waals surface area contributed by atoms with Gasteiger partial charge in [0, 0.05) is 31.5 Å². The first-order chi connectivity index (χ1) is 13.6. The maximum absolute atomic E-state index is 12.6. The van der Waals surface area contributed by atoms with E-state index in [9.17, 15) is 4.79 Å². The summed E-state index contributed by atoms with van der Waals surface area (Å²) >= 11 is 0. The van der Waals surface area contributed by atoms with Gasteiger partial charge in [0.25, 0.3) is 5.91 Å². The van der Waals surface area contributed by atoms with E-state index in [0.717, 1.165) is 11.3 Å². The number of rotatable bonds is 7. The highest BCUT2D eigenvalue weighted by molar-refractivity contribution is 5.94. The van der Waals surface area contributed by atoms with Crippen LogP contribution in [0.2, 0.25) is 0 Å². The van der Waals surface area contributed by atoms with Gasteiger partial charge in [-0.3, -0.25) is 4.79 Å². The van der Waals surface area contributed by atoms with Gasteiger partial charge in [-0.25, -0.2) is 4.98 Å². The van der Waals surface area contributed by atoms with Crippen LogP contribution in [0.1, 0.15) is 15.9 Å². The summed E-state index contributed by atoms with van der Waals surface area (Å²) in [6.45, 7) is 0.547. The average molecular weight is 377 g/mol. The molecule has 1 aromatic heterocycles. The van der Waals surface area contributed by atoms with Crippen molar-refractivity contribution in [3.63, 3.8) is 0 Å². The summed E-state index contributed by atoms with van der Waals surface area (Å²) in [5.74, 6) is 1.84. The molecule has 2 aromatic carbocycles. The molecule has 0 saturated carbocycles. The van der Waals surface area contributed by atoms with Gasteiger partial charge < -0.3 is 19.7 Å². The fraction of sp³-hybridized carbons (Fsp3) is 0.182. The molecule has 3 aromatic rings. The fourth-order valence-electron chi connectivity index (χ4n) is 2.81. The van der Waals surface area contributed by atoms with Gasteiger partial charge in [-0.15, -0.1) is 0 Å². The van der Waals surface area contributed by atoms with Crippen LogP contribution >= 0.6 is 0 Å². The summed E-state index contributed by atoms with van der Waals surface area (Å²) in [6.07, 6.45) is 1.58. The molecule has 1 amide bonds. The average Bonchev–Trinajstić information content (AvgIpc) is 2.74. The van der Waals surface area contributed by atoms with Crippen LogP contribution in [0.5, 0.6) is 11.5 Å². The molecule has 144 valence electrons. The summed E-state index contributed by atoms with van der Waals surface area (Å²) in [5, 5.41) is 3.19. The quantitative estimate of drug-likeness (QED) is 0.671. The second-order valence-corrected chi connectivity index (χ2v) is 6.27. The largest absolute Gasteiger partial charge is 0.493 e. The Morgan fingerprint density at radius 1 is 1.00 bits per heavy atom. The zero-order valence-corrected chi connectivity index (χ0v) is 16.2. The summed E-state index contributed by atoms with van der Waals surface area (Å²) in [7, 11) is 4.97. The summed E-state index contributed by atoms with van der Waals surface area (Å²) in [5.41, 5.74) is 2.43. The number of methoxy groups -OCH3 is 2. The third-order valence-corrected chi connectivity index (χ3v) is 4.28. The van der Waals surface area contributed by atoms with Gasteiger partial charge >= 0.3 is 0 Å². The number of hydrogen-bond acceptors (Lipinski definition) is 5.